The number of nitrogens with one attached hydrogen (secondary N) is 1. The van der Waals surface area contributed by atoms with Crippen LogP contribution in [-0.2, 0) is 6.42 Å². The summed E-state index contributed by atoms with van der Waals surface area (Å²) >= 11 is 11.9. The second-order valence-electron chi connectivity index (χ2n) is 4.22. The van der Waals surface area contributed by atoms with Crippen LogP contribution in [0.3, 0.4) is 0 Å². The molecule has 0 unspecified atom stereocenters. The predicted molar refractivity (Wildman–Crippen MR) is 81.8 cm³/mol. The predicted octanol–water partition coefficient (Wildman–Crippen LogP) is 4.56. The quantitative estimate of drug-likeness (QED) is 0.650. The molecule has 0 amide bonds. The summed E-state index contributed by atoms with van der Waals surface area (Å²) in [4.78, 5) is 10.1. The highest BCUT2D eigenvalue weighted by Crippen LogP contribution is 2.21. The Balaban J connectivity index is 1.91. The molecule has 20 heavy (non-hydrogen) atoms. The largest absolute Gasteiger partial charge is 0.385 e. The molecule has 0 aliphatic heterocycles. The first kappa shape index (κ1) is 14.6. The first-order chi connectivity index (χ1) is 9.56. The second kappa shape index (κ2) is 6.59. The van der Waals surface area contributed by atoms with Gasteiger partial charge in [-0.05, 0) is 36.2 Å². The third kappa shape index (κ3) is 3.85. The molecule has 0 fully saturated rings. The average molecular weight is 311 g/mol. The lowest BCUT2D eigenvalue weighted by atomic mass is 10.1. The average Bonchev–Trinajstić information content (AvgIpc) is 2.42. The number of nitro benzene ring substituents is 1. The number of hydrogen-bond acceptors (Lipinski definition) is 3. The number of anilines is 1. The van der Waals surface area contributed by atoms with E-state index in [1.807, 2.05) is 6.07 Å². The third-order valence-electron chi connectivity index (χ3n) is 2.82. The summed E-state index contributed by atoms with van der Waals surface area (Å²) < 4.78 is 0. The third-order valence-corrected chi connectivity index (χ3v) is 3.40. The molecule has 0 spiro atoms. The molecular weight excluding hydrogens is 299 g/mol. The Hall–Kier alpha value is -1.78. The van der Waals surface area contributed by atoms with Crippen LogP contribution in [0.4, 0.5) is 11.4 Å². The summed E-state index contributed by atoms with van der Waals surface area (Å²) in [5.74, 6) is 0. The lowest BCUT2D eigenvalue weighted by molar-refractivity contribution is -0.384. The van der Waals surface area contributed by atoms with Gasteiger partial charge in [0.05, 0.1) is 4.92 Å². The fourth-order valence-corrected chi connectivity index (χ4v) is 2.27. The lowest BCUT2D eigenvalue weighted by Crippen LogP contribution is -2.05. The fraction of sp³-hybridized carbons (Fsp3) is 0.143. The van der Waals surface area contributed by atoms with Crippen molar-refractivity contribution in [1.29, 1.82) is 0 Å². The van der Waals surface area contributed by atoms with Gasteiger partial charge < -0.3 is 5.32 Å². The minimum absolute atomic E-state index is 0.0799. The zero-order valence-electron chi connectivity index (χ0n) is 10.5. The summed E-state index contributed by atoms with van der Waals surface area (Å²) in [6.07, 6.45) is 0.743. The maximum atomic E-state index is 10.5. The van der Waals surface area contributed by atoms with Crippen molar-refractivity contribution in [2.24, 2.45) is 0 Å². The monoisotopic (exact) mass is 310 g/mol. The zero-order valence-corrected chi connectivity index (χ0v) is 12.0. The van der Waals surface area contributed by atoms with Gasteiger partial charge >= 0.3 is 0 Å². The zero-order chi connectivity index (χ0) is 14.5. The van der Waals surface area contributed by atoms with E-state index in [1.54, 1.807) is 24.3 Å². The van der Waals surface area contributed by atoms with Crippen molar-refractivity contribution in [3.63, 3.8) is 0 Å². The van der Waals surface area contributed by atoms with Crippen molar-refractivity contribution < 1.29 is 4.92 Å². The molecule has 1 N–H and O–H groups in total. The SMILES string of the molecule is O=[N+]([O-])c1ccc(NCCc2ccc(Cl)cc2Cl)cc1. The van der Waals surface area contributed by atoms with Gasteiger partial charge in [0, 0.05) is 34.4 Å². The smallest absolute Gasteiger partial charge is 0.269 e. The van der Waals surface area contributed by atoms with Crippen molar-refractivity contribution >= 4 is 34.6 Å². The molecule has 0 saturated heterocycles. The summed E-state index contributed by atoms with van der Waals surface area (Å²) in [6.45, 7) is 0.680. The number of nitro groups is 1. The van der Waals surface area contributed by atoms with Crippen molar-refractivity contribution in [1.82, 2.24) is 0 Å². The van der Waals surface area contributed by atoms with Crippen LogP contribution in [0, 0.1) is 10.1 Å². The van der Waals surface area contributed by atoms with Crippen molar-refractivity contribution in [3.8, 4) is 0 Å². The number of rotatable bonds is 5. The van der Waals surface area contributed by atoms with Gasteiger partial charge in [0.25, 0.3) is 5.69 Å². The molecule has 2 aromatic carbocycles. The van der Waals surface area contributed by atoms with E-state index in [0.717, 1.165) is 17.7 Å². The molecule has 6 heteroatoms. The number of benzene rings is 2. The summed E-state index contributed by atoms with van der Waals surface area (Å²) in [6, 6.07) is 11.7. The molecule has 4 nitrogen and oxygen atoms in total. The molecule has 0 bridgehead atoms. The van der Waals surface area contributed by atoms with Crippen LogP contribution in [0.2, 0.25) is 10.0 Å². The van der Waals surface area contributed by atoms with Gasteiger partial charge in [-0.25, -0.2) is 0 Å². The molecule has 0 atom stereocenters. The molecule has 0 aliphatic rings. The Bertz CT molecular complexity index is 615. The first-order valence-electron chi connectivity index (χ1n) is 5.98. The molecule has 0 saturated carbocycles. The highest BCUT2D eigenvalue weighted by Gasteiger charge is 2.04. The normalized spacial score (nSPS) is 10.3. The van der Waals surface area contributed by atoms with E-state index in [2.05, 4.69) is 5.32 Å². The topological polar surface area (TPSA) is 55.2 Å². The Morgan fingerprint density at radius 2 is 1.80 bits per heavy atom. The van der Waals surface area contributed by atoms with E-state index in [4.69, 9.17) is 23.2 Å². The van der Waals surface area contributed by atoms with E-state index in [1.165, 1.54) is 12.1 Å². The molecule has 2 aromatic rings. The van der Waals surface area contributed by atoms with Crippen LogP contribution in [0.15, 0.2) is 42.5 Å². The maximum absolute atomic E-state index is 10.5. The molecule has 0 heterocycles. The highest BCUT2D eigenvalue weighted by atomic mass is 35.5. The number of halogens is 2. The number of hydrogen-bond donors (Lipinski definition) is 1. The van der Waals surface area contributed by atoms with Gasteiger partial charge in [0.2, 0.25) is 0 Å². The van der Waals surface area contributed by atoms with Crippen LogP contribution >= 0.6 is 23.2 Å². The second-order valence-corrected chi connectivity index (χ2v) is 5.06. The van der Waals surface area contributed by atoms with Crippen molar-refractivity contribution in [2.75, 3.05) is 11.9 Å². The first-order valence-corrected chi connectivity index (χ1v) is 6.74. The van der Waals surface area contributed by atoms with E-state index in [9.17, 15) is 10.1 Å². The van der Waals surface area contributed by atoms with Crippen LogP contribution in [0.25, 0.3) is 0 Å². The molecule has 0 radical (unpaired) electrons. The maximum Gasteiger partial charge on any atom is 0.269 e. The van der Waals surface area contributed by atoms with Gasteiger partial charge in [0.1, 0.15) is 0 Å². The minimum atomic E-state index is -0.419. The van der Waals surface area contributed by atoms with Gasteiger partial charge in [0.15, 0.2) is 0 Å². The van der Waals surface area contributed by atoms with E-state index >= 15 is 0 Å². The van der Waals surface area contributed by atoms with Gasteiger partial charge in [-0.15, -0.1) is 0 Å². The van der Waals surface area contributed by atoms with Gasteiger partial charge in [-0.1, -0.05) is 29.3 Å². The van der Waals surface area contributed by atoms with Crippen molar-refractivity contribution in [2.45, 2.75) is 6.42 Å². The standard InChI is InChI=1S/C14H12Cl2N2O2/c15-11-2-1-10(14(16)9-11)7-8-17-12-3-5-13(6-4-12)18(19)20/h1-6,9,17H,7-8H2. The van der Waals surface area contributed by atoms with Crippen molar-refractivity contribution in [3.05, 3.63) is 68.2 Å². The number of non-ortho nitro benzene ring substituents is 1. The van der Waals surface area contributed by atoms with Crippen LogP contribution < -0.4 is 5.32 Å². The molecule has 0 aliphatic carbocycles. The highest BCUT2D eigenvalue weighted by molar-refractivity contribution is 6.35. The van der Waals surface area contributed by atoms with E-state index in [0.29, 0.717) is 16.6 Å². The van der Waals surface area contributed by atoms with E-state index in [-0.39, 0.29) is 5.69 Å². The number of nitrogens with zero attached hydrogens (tertiary/aromatic N) is 1. The Morgan fingerprint density at radius 3 is 2.40 bits per heavy atom. The molecule has 104 valence electrons. The Kier molecular flexibility index (Phi) is 4.82. The molecule has 2 rings (SSSR count). The Labute approximate surface area is 126 Å². The fourth-order valence-electron chi connectivity index (χ4n) is 1.77. The summed E-state index contributed by atoms with van der Waals surface area (Å²) in [7, 11) is 0. The lowest BCUT2D eigenvalue weighted by Gasteiger charge is -2.08. The Morgan fingerprint density at radius 1 is 1.10 bits per heavy atom. The van der Waals surface area contributed by atoms with Gasteiger partial charge in [-0.3, -0.25) is 10.1 Å². The summed E-state index contributed by atoms with van der Waals surface area (Å²) in [5, 5.41) is 15.0. The van der Waals surface area contributed by atoms with Gasteiger partial charge in [-0.2, -0.15) is 0 Å². The minimum Gasteiger partial charge on any atom is -0.385 e. The van der Waals surface area contributed by atoms with Crippen LogP contribution in [0.1, 0.15) is 5.56 Å². The van der Waals surface area contributed by atoms with E-state index < -0.39 is 4.92 Å². The van der Waals surface area contributed by atoms with Crippen LogP contribution in [-0.4, -0.2) is 11.5 Å². The molecular formula is C14H12Cl2N2O2. The summed E-state index contributed by atoms with van der Waals surface area (Å²) in [5.41, 5.74) is 1.92. The molecule has 0 aromatic heterocycles. The van der Waals surface area contributed by atoms with Crippen LogP contribution in [0.5, 0.6) is 0 Å².